The lowest BCUT2D eigenvalue weighted by atomic mass is 9.93. The van der Waals surface area contributed by atoms with Gasteiger partial charge in [-0.1, -0.05) is 12.1 Å². The summed E-state index contributed by atoms with van der Waals surface area (Å²) in [7, 11) is 0. The van der Waals surface area contributed by atoms with Gasteiger partial charge in [-0.05, 0) is 13.0 Å². The zero-order valence-corrected chi connectivity index (χ0v) is 9.63. The Bertz CT molecular complexity index is 272. The predicted octanol–water partition coefficient (Wildman–Crippen LogP) is -0.751. The van der Waals surface area contributed by atoms with Crippen molar-refractivity contribution in [2.24, 2.45) is 5.41 Å². The van der Waals surface area contributed by atoms with E-state index in [2.05, 4.69) is 15.6 Å². The van der Waals surface area contributed by atoms with E-state index in [0.29, 0.717) is 6.54 Å². The van der Waals surface area contributed by atoms with E-state index in [4.69, 9.17) is 10.2 Å². The van der Waals surface area contributed by atoms with Crippen molar-refractivity contribution < 1.29 is 10.2 Å². The first-order valence-corrected chi connectivity index (χ1v) is 5.47. The van der Waals surface area contributed by atoms with E-state index >= 15 is 0 Å². The van der Waals surface area contributed by atoms with Crippen LogP contribution in [0.15, 0.2) is 12.4 Å². The lowest BCUT2D eigenvalue weighted by molar-refractivity contribution is 0.0698. The Hall–Kier alpha value is -0.980. The molecule has 0 aromatic carbocycles. The van der Waals surface area contributed by atoms with E-state index < -0.39 is 5.41 Å². The molecule has 0 aliphatic carbocycles. The van der Waals surface area contributed by atoms with Gasteiger partial charge in [-0.3, -0.25) is 4.68 Å². The van der Waals surface area contributed by atoms with Crippen molar-refractivity contribution in [1.29, 1.82) is 0 Å². The van der Waals surface area contributed by atoms with Crippen LogP contribution in [0.1, 0.15) is 13.3 Å². The molecule has 0 fully saturated rings. The van der Waals surface area contributed by atoms with E-state index in [-0.39, 0.29) is 13.2 Å². The fourth-order valence-electron chi connectivity index (χ4n) is 1.27. The third kappa shape index (κ3) is 4.26. The highest BCUT2D eigenvalue weighted by molar-refractivity contribution is 4.74. The standard InChI is InChI=1S/C10H20N4O2/c1-10(8-15,9-16)7-11-3-2-5-14-6-4-12-13-14/h4,6,11,15-16H,2-3,5,7-9H2,1H3. The molecule has 1 heterocycles. The van der Waals surface area contributed by atoms with Crippen LogP contribution in [0.2, 0.25) is 0 Å². The van der Waals surface area contributed by atoms with Gasteiger partial charge >= 0.3 is 0 Å². The molecule has 16 heavy (non-hydrogen) atoms. The van der Waals surface area contributed by atoms with Gasteiger partial charge in [-0.15, -0.1) is 5.10 Å². The van der Waals surface area contributed by atoms with Gasteiger partial charge in [0, 0.05) is 24.7 Å². The fourth-order valence-corrected chi connectivity index (χ4v) is 1.27. The molecule has 0 unspecified atom stereocenters. The molecule has 6 nitrogen and oxygen atoms in total. The van der Waals surface area contributed by atoms with Crippen LogP contribution in [0, 0.1) is 5.41 Å². The summed E-state index contributed by atoms with van der Waals surface area (Å²) in [4.78, 5) is 0. The molecule has 0 spiro atoms. The molecule has 0 saturated heterocycles. The molecular weight excluding hydrogens is 208 g/mol. The van der Waals surface area contributed by atoms with Crippen LogP contribution in [0.5, 0.6) is 0 Å². The van der Waals surface area contributed by atoms with Crippen molar-refractivity contribution in [3.8, 4) is 0 Å². The van der Waals surface area contributed by atoms with Crippen molar-refractivity contribution in [1.82, 2.24) is 20.3 Å². The topological polar surface area (TPSA) is 83.2 Å². The van der Waals surface area contributed by atoms with Crippen LogP contribution in [0.25, 0.3) is 0 Å². The lowest BCUT2D eigenvalue weighted by Gasteiger charge is -2.24. The monoisotopic (exact) mass is 228 g/mol. The third-order valence-electron chi connectivity index (χ3n) is 2.53. The Morgan fingerprint density at radius 3 is 2.69 bits per heavy atom. The highest BCUT2D eigenvalue weighted by atomic mass is 16.3. The quantitative estimate of drug-likeness (QED) is 0.510. The first-order chi connectivity index (χ1) is 7.70. The Kier molecular flexibility index (Phi) is 5.37. The molecule has 0 saturated carbocycles. The van der Waals surface area contributed by atoms with Gasteiger partial charge in [0.1, 0.15) is 0 Å². The molecule has 0 radical (unpaired) electrons. The minimum Gasteiger partial charge on any atom is -0.396 e. The van der Waals surface area contributed by atoms with E-state index in [1.54, 1.807) is 10.9 Å². The fraction of sp³-hybridized carbons (Fsp3) is 0.800. The molecule has 3 N–H and O–H groups in total. The first kappa shape index (κ1) is 13.1. The maximum atomic E-state index is 9.07. The van der Waals surface area contributed by atoms with Crippen LogP contribution in [-0.2, 0) is 6.54 Å². The van der Waals surface area contributed by atoms with Gasteiger partial charge in [0.15, 0.2) is 0 Å². The van der Waals surface area contributed by atoms with Crippen molar-refractivity contribution in [2.45, 2.75) is 19.9 Å². The highest BCUT2D eigenvalue weighted by Gasteiger charge is 2.21. The second-order valence-electron chi connectivity index (χ2n) is 4.32. The van der Waals surface area contributed by atoms with Gasteiger partial charge in [0.2, 0.25) is 0 Å². The normalized spacial score (nSPS) is 11.9. The minimum absolute atomic E-state index is 0.0143. The van der Waals surface area contributed by atoms with E-state index in [9.17, 15) is 0 Å². The number of aryl methyl sites for hydroxylation is 1. The Morgan fingerprint density at radius 2 is 2.12 bits per heavy atom. The van der Waals surface area contributed by atoms with Crippen LogP contribution >= 0.6 is 0 Å². The number of aromatic nitrogens is 3. The molecule has 0 atom stereocenters. The lowest BCUT2D eigenvalue weighted by Crippen LogP contribution is -2.38. The largest absolute Gasteiger partial charge is 0.396 e. The maximum absolute atomic E-state index is 9.07. The first-order valence-electron chi connectivity index (χ1n) is 5.47. The molecule has 6 heteroatoms. The van der Waals surface area contributed by atoms with Crippen LogP contribution in [0.4, 0.5) is 0 Å². The zero-order valence-electron chi connectivity index (χ0n) is 9.63. The number of nitrogens with zero attached hydrogens (tertiary/aromatic N) is 3. The van der Waals surface area contributed by atoms with Crippen LogP contribution in [0.3, 0.4) is 0 Å². The third-order valence-corrected chi connectivity index (χ3v) is 2.53. The number of rotatable bonds is 8. The Labute approximate surface area is 95.3 Å². The molecule has 1 aromatic rings. The van der Waals surface area contributed by atoms with Crippen molar-refractivity contribution in [2.75, 3.05) is 26.3 Å². The van der Waals surface area contributed by atoms with E-state index in [1.807, 2.05) is 13.1 Å². The number of aliphatic hydroxyl groups excluding tert-OH is 2. The average molecular weight is 228 g/mol. The number of aliphatic hydroxyl groups is 2. The Balaban J connectivity index is 2.08. The van der Waals surface area contributed by atoms with Crippen LogP contribution in [-0.4, -0.2) is 51.5 Å². The van der Waals surface area contributed by atoms with E-state index in [0.717, 1.165) is 19.5 Å². The number of nitrogens with one attached hydrogen (secondary N) is 1. The maximum Gasteiger partial charge on any atom is 0.0692 e. The van der Waals surface area contributed by atoms with Gasteiger partial charge < -0.3 is 15.5 Å². The number of hydrogen-bond donors (Lipinski definition) is 3. The molecule has 0 bridgehead atoms. The molecule has 1 rings (SSSR count). The summed E-state index contributed by atoms with van der Waals surface area (Å²) in [6.45, 7) is 4.07. The predicted molar refractivity (Wildman–Crippen MR) is 59.8 cm³/mol. The zero-order chi connectivity index (χ0) is 11.9. The summed E-state index contributed by atoms with van der Waals surface area (Å²) < 4.78 is 1.78. The summed E-state index contributed by atoms with van der Waals surface area (Å²) in [6.07, 6.45) is 4.42. The van der Waals surface area contributed by atoms with Crippen molar-refractivity contribution >= 4 is 0 Å². The highest BCUT2D eigenvalue weighted by Crippen LogP contribution is 2.11. The molecule has 1 aromatic heterocycles. The second kappa shape index (κ2) is 6.57. The van der Waals surface area contributed by atoms with Gasteiger partial charge in [-0.2, -0.15) is 0 Å². The number of hydrogen-bond acceptors (Lipinski definition) is 5. The summed E-state index contributed by atoms with van der Waals surface area (Å²) in [5.41, 5.74) is -0.437. The molecule has 0 amide bonds. The van der Waals surface area contributed by atoms with E-state index in [1.165, 1.54) is 0 Å². The summed E-state index contributed by atoms with van der Waals surface area (Å²) >= 11 is 0. The van der Waals surface area contributed by atoms with Gasteiger partial charge in [-0.25, -0.2) is 0 Å². The summed E-state index contributed by atoms with van der Waals surface area (Å²) in [5.74, 6) is 0. The average Bonchev–Trinajstić information content (AvgIpc) is 2.81. The molecule has 92 valence electrons. The van der Waals surface area contributed by atoms with Gasteiger partial charge in [0.05, 0.1) is 19.4 Å². The summed E-state index contributed by atoms with van der Waals surface area (Å²) in [6, 6.07) is 0. The van der Waals surface area contributed by atoms with Gasteiger partial charge in [0.25, 0.3) is 0 Å². The van der Waals surface area contributed by atoms with Crippen molar-refractivity contribution in [3.05, 3.63) is 12.4 Å². The smallest absolute Gasteiger partial charge is 0.0692 e. The molecular formula is C10H20N4O2. The summed E-state index contributed by atoms with van der Waals surface area (Å²) in [5, 5.41) is 28.9. The molecule has 0 aliphatic rings. The second-order valence-corrected chi connectivity index (χ2v) is 4.32. The van der Waals surface area contributed by atoms with Crippen LogP contribution < -0.4 is 5.32 Å². The molecule has 0 aliphatic heterocycles. The van der Waals surface area contributed by atoms with Crippen molar-refractivity contribution in [3.63, 3.8) is 0 Å². The SMILES string of the molecule is CC(CO)(CO)CNCCCn1ccnn1. The Morgan fingerprint density at radius 1 is 1.38 bits per heavy atom. The minimum atomic E-state index is -0.437.